The lowest BCUT2D eigenvalue weighted by molar-refractivity contribution is -0.149. The normalized spacial score (nSPS) is 19.8. The quantitative estimate of drug-likeness (QED) is 0.817. The number of hydrogen-bond donors (Lipinski definition) is 1. The first-order valence-electron chi connectivity index (χ1n) is 6.68. The minimum absolute atomic E-state index is 0. The Balaban J connectivity index is 0. The van der Waals surface area contributed by atoms with Gasteiger partial charge in [-0.1, -0.05) is 20.8 Å². The van der Waals surface area contributed by atoms with Gasteiger partial charge in [0.25, 0.3) is 5.91 Å². The first kappa shape index (κ1) is 22.2. The van der Waals surface area contributed by atoms with Gasteiger partial charge in [0.1, 0.15) is 6.10 Å². The number of hydrogen-bond acceptors (Lipinski definition) is 4. The number of nitrogens with zero attached hydrogens (tertiary/aromatic N) is 2. The van der Waals surface area contributed by atoms with Crippen LogP contribution < -0.4 is 5.73 Å². The van der Waals surface area contributed by atoms with E-state index in [-0.39, 0.29) is 42.2 Å². The van der Waals surface area contributed by atoms with Crippen molar-refractivity contribution in [1.82, 2.24) is 9.80 Å². The largest absolute Gasteiger partial charge is 0.366 e. The monoisotopic (exact) mass is 329 g/mol. The number of nitrogens with two attached hydrogens (primary N) is 1. The van der Waals surface area contributed by atoms with E-state index in [9.17, 15) is 4.79 Å². The van der Waals surface area contributed by atoms with E-state index in [1.807, 2.05) is 7.05 Å². The van der Waals surface area contributed by atoms with E-state index in [0.717, 1.165) is 13.1 Å². The number of carbonyl (C=O) groups excluding carboxylic acids is 1. The minimum atomic E-state index is -0.322. The fraction of sp³-hybridized carbons (Fsp3) is 0.923. The van der Waals surface area contributed by atoms with Crippen molar-refractivity contribution < 1.29 is 9.53 Å². The van der Waals surface area contributed by atoms with Gasteiger partial charge in [-0.25, -0.2) is 0 Å². The molecule has 0 spiro atoms. The third-order valence-electron chi connectivity index (χ3n) is 3.47. The highest BCUT2D eigenvalue weighted by atomic mass is 35.5. The lowest BCUT2D eigenvalue weighted by atomic mass is 9.93. The van der Waals surface area contributed by atoms with E-state index in [1.54, 1.807) is 4.90 Å². The lowest BCUT2D eigenvalue weighted by Crippen LogP contribution is -2.51. The summed E-state index contributed by atoms with van der Waals surface area (Å²) >= 11 is 0. The number of likely N-dealkylation sites (N-methyl/N-ethyl adjacent to an activating group) is 2. The minimum Gasteiger partial charge on any atom is -0.366 e. The lowest BCUT2D eigenvalue weighted by Gasteiger charge is -2.35. The highest BCUT2D eigenvalue weighted by Gasteiger charge is 2.30. The molecule has 1 heterocycles. The van der Waals surface area contributed by atoms with Crippen LogP contribution in [0, 0.1) is 5.41 Å². The van der Waals surface area contributed by atoms with Gasteiger partial charge in [0.2, 0.25) is 0 Å². The van der Waals surface area contributed by atoms with Crippen LogP contribution in [0.25, 0.3) is 0 Å². The van der Waals surface area contributed by atoms with Crippen molar-refractivity contribution in [2.45, 2.75) is 26.9 Å². The van der Waals surface area contributed by atoms with Crippen LogP contribution >= 0.6 is 24.8 Å². The zero-order chi connectivity index (χ0) is 13.8. The highest BCUT2D eigenvalue weighted by Crippen LogP contribution is 2.16. The molecule has 1 aliphatic rings. The van der Waals surface area contributed by atoms with Crippen LogP contribution in [-0.2, 0) is 9.53 Å². The molecule has 0 aromatic carbocycles. The fourth-order valence-electron chi connectivity index (χ4n) is 2.17. The summed E-state index contributed by atoms with van der Waals surface area (Å²) in [5.41, 5.74) is 5.65. The topological polar surface area (TPSA) is 58.8 Å². The average Bonchev–Trinajstić information content (AvgIpc) is 2.37. The van der Waals surface area contributed by atoms with E-state index < -0.39 is 0 Å². The Kier molecular flexibility index (Phi) is 10.9. The van der Waals surface area contributed by atoms with Crippen molar-refractivity contribution in [2.75, 3.05) is 46.4 Å². The molecule has 1 unspecified atom stereocenters. The van der Waals surface area contributed by atoms with Gasteiger partial charge in [0.05, 0.1) is 6.61 Å². The van der Waals surface area contributed by atoms with Crippen LogP contribution in [-0.4, -0.2) is 68.2 Å². The second kappa shape index (κ2) is 9.79. The number of carbonyl (C=O) groups is 1. The standard InChI is InChI=1S/C13H27N3O2.2ClH/c1-5-16-6-7-18-11(8-16)12(17)15(4)10-13(2,3)9-14;;/h11H,5-10,14H2,1-4H3;2*1H. The molecule has 7 heteroatoms. The second-order valence-corrected chi connectivity index (χ2v) is 5.82. The van der Waals surface area contributed by atoms with Crippen molar-refractivity contribution in [2.24, 2.45) is 11.1 Å². The Bertz CT molecular complexity index is 291. The Labute approximate surface area is 135 Å². The predicted octanol–water partition coefficient (Wildman–Crippen LogP) is 0.994. The summed E-state index contributed by atoms with van der Waals surface area (Å²) in [5, 5.41) is 0. The number of morpholine rings is 1. The summed E-state index contributed by atoms with van der Waals surface area (Å²) in [6.45, 7) is 10.7. The second-order valence-electron chi connectivity index (χ2n) is 5.82. The molecule has 1 rings (SSSR count). The Hall–Kier alpha value is -0.0700. The molecule has 2 N–H and O–H groups in total. The Morgan fingerprint density at radius 2 is 2.05 bits per heavy atom. The van der Waals surface area contributed by atoms with E-state index in [1.165, 1.54) is 0 Å². The molecule has 5 nitrogen and oxygen atoms in total. The molecule has 1 amide bonds. The molecule has 1 aliphatic heterocycles. The highest BCUT2D eigenvalue weighted by molar-refractivity contribution is 5.85. The Morgan fingerprint density at radius 1 is 1.45 bits per heavy atom. The van der Waals surface area contributed by atoms with Crippen LogP contribution in [0.4, 0.5) is 0 Å². The molecule has 0 radical (unpaired) electrons. The van der Waals surface area contributed by atoms with Gasteiger partial charge in [-0.2, -0.15) is 0 Å². The van der Waals surface area contributed by atoms with Crippen molar-refractivity contribution in [3.63, 3.8) is 0 Å². The van der Waals surface area contributed by atoms with Gasteiger partial charge in [-0.3, -0.25) is 9.69 Å². The first-order valence-corrected chi connectivity index (χ1v) is 6.68. The van der Waals surface area contributed by atoms with Gasteiger partial charge in [0, 0.05) is 26.7 Å². The third-order valence-corrected chi connectivity index (χ3v) is 3.47. The molecule has 0 aromatic rings. The van der Waals surface area contributed by atoms with Crippen LogP contribution in [0.2, 0.25) is 0 Å². The maximum Gasteiger partial charge on any atom is 0.252 e. The third kappa shape index (κ3) is 6.59. The van der Waals surface area contributed by atoms with Gasteiger partial charge in [-0.05, 0) is 18.5 Å². The van der Waals surface area contributed by atoms with Gasteiger partial charge < -0.3 is 15.4 Å². The molecular weight excluding hydrogens is 301 g/mol. The summed E-state index contributed by atoms with van der Waals surface area (Å²) in [4.78, 5) is 16.3. The SMILES string of the molecule is CCN1CCOC(C(=O)N(C)CC(C)(C)CN)C1.Cl.Cl. The van der Waals surface area contributed by atoms with E-state index in [2.05, 4.69) is 25.7 Å². The molecule has 1 fully saturated rings. The molecule has 1 atom stereocenters. The number of ether oxygens (including phenoxy) is 1. The first-order chi connectivity index (χ1) is 8.39. The van der Waals surface area contributed by atoms with Crippen molar-refractivity contribution in [3.05, 3.63) is 0 Å². The van der Waals surface area contributed by atoms with Crippen molar-refractivity contribution >= 4 is 30.7 Å². The number of amides is 1. The van der Waals surface area contributed by atoms with Crippen LogP contribution in [0.15, 0.2) is 0 Å². The van der Waals surface area contributed by atoms with Gasteiger partial charge in [0.15, 0.2) is 0 Å². The Morgan fingerprint density at radius 3 is 2.55 bits per heavy atom. The van der Waals surface area contributed by atoms with E-state index in [4.69, 9.17) is 10.5 Å². The zero-order valence-corrected chi connectivity index (χ0v) is 14.6. The molecule has 0 bridgehead atoms. The molecule has 0 saturated carbocycles. The van der Waals surface area contributed by atoms with Crippen molar-refractivity contribution in [1.29, 1.82) is 0 Å². The van der Waals surface area contributed by atoms with Crippen LogP contribution in [0.5, 0.6) is 0 Å². The maximum atomic E-state index is 12.3. The fourth-order valence-corrected chi connectivity index (χ4v) is 2.17. The van der Waals surface area contributed by atoms with Crippen molar-refractivity contribution in [3.8, 4) is 0 Å². The number of rotatable bonds is 5. The summed E-state index contributed by atoms with van der Waals surface area (Å²) in [6.07, 6.45) is -0.322. The molecular formula is C13H29Cl2N3O2. The van der Waals surface area contributed by atoms with Crippen LogP contribution in [0.3, 0.4) is 0 Å². The summed E-state index contributed by atoms with van der Waals surface area (Å²) in [7, 11) is 1.83. The predicted molar refractivity (Wildman–Crippen MR) is 86.8 cm³/mol. The maximum absolute atomic E-state index is 12.3. The van der Waals surface area contributed by atoms with Gasteiger partial charge >= 0.3 is 0 Å². The van der Waals surface area contributed by atoms with Gasteiger partial charge in [-0.15, -0.1) is 24.8 Å². The summed E-state index contributed by atoms with van der Waals surface area (Å²) < 4.78 is 5.58. The summed E-state index contributed by atoms with van der Waals surface area (Å²) in [5.74, 6) is 0.0645. The molecule has 0 aliphatic carbocycles. The average molecular weight is 330 g/mol. The van der Waals surface area contributed by atoms with Crippen LogP contribution in [0.1, 0.15) is 20.8 Å². The molecule has 0 aromatic heterocycles. The summed E-state index contributed by atoms with van der Waals surface area (Å²) in [6, 6.07) is 0. The number of halogens is 2. The zero-order valence-electron chi connectivity index (χ0n) is 12.9. The molecule has 20 heavy (non-hydrogen) atoms. The molecule has 1 saturated heterocycles. The van der Waals surface area contributed by atoms with E-state index >= 15 is 0 Å². The van der Waals surface area contributed by atoms with E-state index in [0.29, 0.717) is 26.2 Å². The smallest absolute Gasteiger partial charge is 0.252 e. The molecule has 122 valence electrons.